The van der Waals surface area contributed by atoms with Gasteiger partial charge in [0, 0.05) is 39.1 Å². The Kier molecular flexibility index (Phi) is 4.48. The van der Waals surface area contributed by atoms with Crippen LogP contribution in [0.15, 0.2) is 35.6 Å². The van der Waals surface area contributed by atoms with Crippen molar-refractivity contribution in [3.8, 4) is 0 Å². The molecule has 4 rings (SSSR count). The van der Waals surface area contributed by atoms with Crippen LogP contribution in [0.1, 0.15) is 6.42 Å². The number of rotatable bonds is 6. The number of carbonyl (C=O) groups is 2. The van der Waals surface area contributed by atoms with Crippen molar-refractivity contribution in [2.75, 3.05) is 26.7 Å². The molecule has 1 saturated carbocycles. The van der Waals surface area contributed by atoms with Crippen LogP contribution in [0.3, 0.4) is 0 Å². The van der Waals surface area contributed by atoms with Crippen molar-refractivity contribution in [1.29, 1.82) is 0 Å². The Hall–Kier alpha value is -2.64. The molecule has 26 heavy (non-hydrogen) atoms. The third-order valence-corrected chi connectivity index (χ3v) is 5.61. The molecule has 2 fully saturated rings. The van der Waals surface area contributed by atoms with Crippen LogP contribution >= 0.6 is 0 Å². The fourth-order valence-electron chi connectivity index (χ4n) is 4.41. The summed E-state index contributed by atoms with van der Waals surface area (Å²) in [6, 6.07) is 1.88. The molecule has 2 bridgehead atoms. The van der Waals surface area contributed by atoms with Gasteiger partial charge in [0.05, 0.1) is 18.4 Å². The summed E-state index contributed by atoms with van der Waals surface area (Å²) in [5.41, 5.74) is 0. The van der Waals surface area contributed by atoms with Gasteiger partial charge in [-0.15, -0.1) is 0 Å². The van der Waals surface area contributed by atoms with Crippen molar-refractivity contribution in [2.24, 2.45) is 28.7 Å². The van der Waals surface area contributed by atoms with Crippen LogP contribution in [-0.4, -0.2) is 59.1 Å². The fourth-order valence-corrected chi connectivity index (χ4v) is 4.41. The van der Waals surface area contributed by atoms with Gasteiger partial charge in [-0.2, -0.15) is 5.10 Å². The van der Waals surface area contributed by atoms with E-state index in [4.69, 9.17) is 0 Å². The highest BCUT2D eigenvalue weighted by Crippen LogP contribution is 2.52. The number of guanidine groups is 1. The number of fused-ring (bicyclic) bond motifs is 5. The normalized spacial score (nSPS) is 29.6. The molecule has 1 saturated heterocycles. The number of nitrogens with zero attached hydrogens (tertiary/aromatic N) is 4. The summed E-state index contributed by atoms with van der Waals surface area (Å²) in [7, 11) is 1.70. The van der Waals surface area contributed by atoms with Gasteiger partial charge in [-0.3, -0.25) is 24.2 Å². The second-order valence-electron chi connectivity index (χ2n) is 7.02. The third-order valence-electron chi connectivity index (χ3n) is 5.61. The summed E-state index contributed by atoms with van der Waals surface area (Å²) >= 11 is 0. The van der Waals surface area contributed by atoms with Crippen LogP contribution in [0.2, 0.25) is 0 Å². The molecule has 1 aromatic rings. The Bertz CT molecular complexity index is 711. The molecule has 3 aliphatic rings. The van der Waals surface area contributed by atoms with E-state index < -0.39 is 0 Å². The lowest BCUT2D eigenvalue weighted by Gasteiger charge is -2.18. The van der Waals surface area contributed by atoms with Crippen molar-refractivity contribution < 1.29 is 9.59 Å². The molecule has 4 atom stereocenters. The van der Waals surface area contributed by atoms with Crippen molar-refractivity contribution in [2.45, 2.75) is 13.0 Å². The largest absolute Gasteiger partial charge is 0.355 e. The average Bonchev–Trinajstić information content (AvgIpc) is 3.41. The van der Waals surface area contributed by atoms with Gasteiger partial charge in [0.25, 0.3) is 0 Å². The Morgan fingerprint density at radius 2 is 1.81 bits per heavy atom. The summed E-state index contributed by atoms with van der Waals surface area (Å²) in [4.78, 5) is 30.9. The van der Waals surface area contributed by atoms with E-state index >= 15 is 0 Å². The molecule has 8 nitrogen and oxygen atoms in total. The first kappa shape index (κ1) is 16.8. The lowest BCUT2D eigenvalue weighted by Crippen LogP contribution is -2.44. The first-order valence-electron chi connectivity index (χ1n) is 9.14. The van der Waals surface area contributed by atoms with Crippen LogP contribution < -0.4 is 10.6 Å². The molecule has 138 valence electrons. The van der Waals surface area contributed by atoms with Gasteiger partial charge in [0.15, 0.2) is 5.96 Å². The number of imide groups is 1. The van der Waals surface area contributed by atoms with E-state index in [0.717, 1.165) is 13.0 Å². The number of allylic oxidation sites excluding steroid dienone is 2. The second-order valence-corrected chi connectivity index (χ2v) is 7.02. The van der Waals surface area contributed by atoms with Crippen molar-refractivity contribution in [3.05, 3.63) is 30.6 Å². The monoisotopic (exact) mass is 356 g/mol. The Morgan fingerprint density at radius 1 is 1.15 bits per heavy atom. The fraction of sp³-hybridized carbons (Fsp3) is 0.556. The van der Waals surface area contributed by atoms with E-state index in [1.54, 1.807) is 13.2 Å². The molecule has 2 N–H and O–H groups in total. The zero-order valence-corrected chi connectivity index (χ0v) is 14.8. The molecule has 0 radical (unpaired) electrons. The van der Waals surface area contributed by atoms with Gasteiger partial charge >= 0.3 is 0 Å². The number of aromatic nitrogens is 2. The zero-order chi connectivity index (χ0) is 18.1. The van der Waals surface area contributed by atoms with Gasteiger partial charge in [-0.25, -0.2) is 0 Å². The standard InChI is InChI=1S/C18H24N6O2/c1-19-18(20-6-9-23-8-2-5-22-23)21-7-10-24-16(25)14-12-3-4-13(11-12)15(14)17(24)26/h2-5,8,12-15H,6-7,9-11H2,1H3,(H2,19,20,21). The van der Waals surface area contributed by atoms with Gasteiger partial charge < -0.3 is 10.6 Å². The van der Waals surface area contributed by atoms with Gasteiger partial charge in [0.1, 0.15) is 0 Å². The molecule has 2 heterocycles. The SMILES string of the molecule is CN=C(NCCN1C(=O)C2C3C=CC(C3)C2C1=O)NCCn1cccn1. The predicted molar refractivity (Wildman–Crippen MR) is 96.0 cm³/mol. The lowest BCUT2D eigenvalue weighted by atomic mass is 9.85. The van der Waals surface area contributed by atoms with Gasteiger partial charge in [0.2, 0.25) is 11.8 Å². The Morgan fingerprint density at radius 3 is 2.38 bits per heavy atom. The van der Waals surface area contributed by atoms with E-state index in [0.29, 0.717) is 25.6 Å². The number of aliphatic imine (C=N–C) groups is 1. The third kappa shape index (κ3) is 2.89. The maximum Gasteiger partial charge on any atom is 0.233 e. The molecule has 1 aromatic heterocycles. The second kappa shape index (κ2) is 6.93. The quantitative estimate of drug-likeness (QED) is 0.320. The van der Waals surface area contributed by atoms with E-state index in [2.05, 4.69) is 32.9 Å². The average molecular weight is 356 g/mol. The van der Waals surface area contributed by atoms with E-state index in [9.17, 15) is 9.59 Å². The Labute approximate surface area is 152 Å². The van der Waals surface area contributed by atoms with E-state index in [-0.39, 0.29) is 35.5 Å². The van der Waals surface area contributed by atoms with Crippen molar-refractivity contribution in [1.82, 2.24) is 25.3 Å². The summed E-state index contributed by atoms with van der Waals surface area (Å²) in [5.74, 6) is 0.930. The summed E-state index contributed by atoms with van der Waals surface area (Å²) in [6.07, 6.45) is 8.84. The number of amides is 2. The molecule has 2 amide bonds. The van der Waals surface area contributed by atoms with E-state index in [1.165, 1.54) is 4.90 Å². The van der Waals surface area contributed by atoms with Crippen LogP contribution in [-0.2, 0) is 16.1 Å². The predicted octanol–water partition coefficient (Wildman–Crippen LogP) is -0.145. The van der Waals surface area contributed by atoms with Crippen molar-refractivity contribution in [3.63, 3.8) is 0 Å². The molecule has 0 aromatic carbocycles. The molecular formula is C18H24N6O2. The number of hydrogen-bond acceptors (Lipinski definition) is 4. The molecule has 4 unspecified atom stereocenters. The summed E-state index contributed by atoms with van der Waals surface area (Å²) < 4.78 is 1.84. The number of hydrogen-bond donors (Lipinski definition) is 2. The first-order chi connectivity index (χ1) is 12.7. The topological polar surface area (TPSA) is 91.6 Å². The van der Waals surface area contributed by atoms with Gasteiger partial charge in [-0.1, -0.05) is 12.2 Å². The maximum atomic E-state index is 12.6. The molecule has 1 aliphatic heterocycles. The number of carbonyl (C=O) groups excluding carboxylic acids is 2. The van der Waals surface area contributed by atoms with E-state index in [1.807, 2.05) is 16.9 Å². The highest BCUT2D eigenvalue weighted by atomic mass is 16.2. The van der Waals surface area contributed by atoms with Crippen molar-refractivity contribution >= 4 is 17.8 Å². The minimum atomic E-state index is -0.121. The smallest absolute Gasteiger partial charge is 0.233 e. The summed E-state index contributed by atoms with van der Waals surface area (Å²) in [5, 5.41) is 10.5. The maximum absolute atomic E-state index is 12.6. The van der Waals surface area contributed by atoms with Crippen LogP contribution in [0.25, 0.3) is 0 Å². The number of likely N-dealkylation sites (tertiary alicyclic amines) is 1. The van der Waals surface area contributed by atoms with Crippen LogP contribution in [0.4, 0.5) is 0 Å². The molecular weight excluding hydrogens is 332 g/mol. The minimum absolute atomic E-state index is 0.000258. The summed E-state index contributed by atoms with van der Waals surface area (Å²) in [6.45, 7) is 2.28. The van der Waals surface area contributed by atoms with Gasteiger partial charge in [-0.05, 0) is 24.3 Å². The minimum Gasteiger partial charge on any atom is -0.355 e. The Balaban J connectivity index is 1.24. The highest BCUT2D eigenvalue weighted by Gasteiger charge is 2.58. The lowest BCUT2D eigenvalue weighted by molar-refractivity contribution is -0.140. The molecule has 8 heteroatoms. The number of nitrogens with one attached hydrogen (secondary N) is 2. The van der Waals surface area contributed by atoms with Crippen LogP contribution in [0, 0.1) is 23.7 Å². The molecule has 2 aliphatic carbocycles. The highest BCUT2D eigenvalue weighted by molar-refractivity contribution is 6.06. The van der Waals surface area contributed by atoms with Crippen LogP contribution in [0.5, 0.6) is 0 Å². The molecule has 0 spiro atoms. The first-order valence-corrected chi connectivity index (χ1v) is 9.14. The zero-order valence-electron chi connectivity index (χ0n) is 14.8.